The van der Waals surface area contributed by atoms with Crippen LogP contribution in [0.1, 0.15) is 24.9 Å². The van der Waals surface area contributed by atoms with Crippen LogP contribution in [0.15, 0.2) is 24.3 Å². The molecule has 1 saturated heterocycles. The third kappa shape index (κ3) is 2.34. The molecule has 3 nitrogen and oxygen atoms in total. The zero-order chi connectivity index (χ0) is 14.3. The Morgan fingerprint density at radius 2 is 2.30 bits per heavy atom. The minimum atomic E-state index is -0.792. The van der Waals surface area contributed by atoms with Crippen LogP contribution in [-0.4, -0.2) is 24.2 Å². The van der Waals surface area contributed by atoms with Crippen LogP contribution in [-0.2, 0) is 0 Å². The van der Waals surface area contributed by atoms with Crippen molar-refractivity contribution < 1.29 is 4.39 Å². The van der Waals surface area contributed by atoms with E-state index in [0.29, 0.717) is 24.5 Å². The molecule has 0 bridgehead atoms. The molecule has 2 aromatic rings. The molecule has 1 aromatic heterocycles. The van der Waals surface area contributed by atoms with Crippen molar-refractivity contribution in [2.75, 3.05) is 18.0 Å². The van der Waals surface area contributed by atoms with Gasteiger partial charge < -0.3 is 10.6 Å². The van der Waals surface area contributed by atoms with E-state index >= 15 is 0 Å². The van der Waals surface area contributed by atoms with Crippen molar-refractivity contribution in [2.45, 2.75) is 25.6 Å². The van der Waals surface area contributed by atoms with E-state index in [9.17, 15) is 4.39 Å². The maximum Gasteiger partial charge on any atom is 0.134 e. The first kappa shape index (κ1) is 13.6. The Balaban J connectivity index is 2.17. The number of aromatic nitrogens is 1. The fourth-order valence-corrected chi connectivity index (χ4v) is 2.89. The van der Waals surface area contributed by atoms with Gasteiger partial charge in [-0.05, 0) is 25.5 Å². The second-order valence-electron chi connectivity index (χ2n) is 5.33. The highest BCUT2D eigenvalue weighted by Gasteiger charge is 2.26. The molecule has 0 saturated carbocycles. The highest BCUT2D eigenvalue weighted by Crippen LogP contribution is 2.32. The van der Waals surface area contributed by atoms with Gasteiger partial charge in [-0.3, -0.25) is 0 Å². The van der Waals surface area contributed by atoms with Gasteiger partial charge >= 0.3 is 0 Å². The third-order valence-corrected chi connectivity index (χ3v) is 4.03. The van der Waals surface area contributed by atoms with Gasteiger partial charge in [-0.15, -0.1) is 0 Å². The Morgan fingerprint density at radius 1 is 1.50 bits per heavy atom. The number of rotatable bonds is 2. The second-order valence-corrected chi connectivity index (χ2v) is 5.74. The lowest BCUT2D eigenvalue weighted by Crippen LogP contribution is -2.24. The summed E-state index contributed by atoms with van der Waals surface area (Å²) in [6, 6.07) is 7.53. The van der Waals surface area contributed by atoms with E-state index in [4.69, 9.17) is 17.3 Å². The number of halogens is 2. The van der Waals surface area contributed by atoms with Crippen LogP contribution in [0.25, 0.3) is 10.9 Å². The molecular weight excluding hydrogens is 277 g/mol. The van der Waals surface area contributed by atoms with E-state index in [-0.39, 0.29) is 6.04 Å². The molecule has 1 fully saturated rings. The van der Waals surface area contributed by atoms with Gasteiger partial charge in [0.1, 0.15) is 12.0 Å². The van der Waals surface area contributed by atoms with Crippen LogP contribution in [0.4, 0.5) is 10.2 Å². The average molecular weight is 294 g/mol. The highest BCUT2D eigenvalue weighted by molar-refractivity contribution is 6.35. The van der Waals surface area contributed by atoms with Crippen LogP contribution >= 0.6 is 11.6 Å². The fraction of sp³-hybridized carbons (Fsp3) is 0.400. The summed E-state index contributed by atoms with van der Waals surface area (Å²) in [6.07, 6.45) is -0.250. The number of alkyl halides is 1. The first-order valence-electron chi connectivity index (χ1n) is 6.80. The largest absolute Gasteiger partial charge is 0.353 e. The lowest BCUT2D eigenvalue weighted by Gasteiger charge is -2.22. The predicted octanol–water partition coefficient (Wildman–Crippen LogP) is 3.46. The predicted molar refractivity (Wildman–Crippen MR) is 81.1 cm³/mol. The van der Waals surface area contributed by atoms with Gasteiger partial charge in [-0.25, -0.2) is 9.37 Å². The number of para-hydroxylation sites is 1. The summed E-state index contributed by atoms with van der Waals surface area (Å²) >= 11 is 6.21. The van der Waals surface area contributed by atoms with Gasteiger partial charge in [0.2, 0.25) is 0 Å². The Labute approximate surface area is 122 Å². The third-order valence-electron chi connectivity index (χ3n) is 3.73. The smallest absolute Gasteiger partial charge is 0.134 e. The van der Waals surface area contributed by atoms with Crippen molar-refractivity contribution in [3.8, 4) is 0 Å². The molecule has 2 N–H and O–H groups in total. The van der Waals surface area contributed by atoms with Crippen LogP contribution < -0.4 is 10.6 Å². The Kier molecular flexibility index (Phi) is 3.52. The number of anilines is 1. The molecule has 0 aliphatic carbocycles. The molecule has 0 amide bonds. The summed E-state index contributed by atoms with van der Waals surface area (Å²) in [7, 11) is 0. The van der Waals surface area contributed by atoms with Crippen molar-refractivity contribution in [3.63, 3.8) is 0 Å². The quantitative estimate of drug-likeness (QED) is 0.922. The maximum atomic E-state index is 13.5. The summed E-state index contributed by atoms with van der Waals surface area (Å²) in [5, 5.41) is 1.57. The monoisotopic (exact) mass is 293 g/mol. The molecule has 1 aliphatic heterocycles. The SMILES string of the molecule is C[C@H](N)c1cc2cccc(Cl)c2nc1N1CC[C@@H](F)C1. The Morgan fingerprint density at radius 3 is 2.95 bits per heavy atom. The number of hydrogen-bond acceptors (Lipinski definition) is 3. The van der Waals surface area contributed by atoms with Crippen molar-refractivity contribution in [1.82, 2.24) is 4.98 Å². The molecule has 106 valence electrons. The Bertz CT molecular complexity index is 644. The van der Waals surface area contributed by atoms with Crippen LogP contribution in [0, 0.1) is 0 Å². The van der Waals surface area contributed by atoms with Crippen molar-refractivity contribution in [1.29, 1.82) is 0 Å². The molecule has 3 rings (SSSR count). The van der Waals surface area contributed by atoms with Gasteiger partial charge in [0.05, 0.1) is 17.1 Å². The molecule has 2 heterocycles. The standard InChI is InChI=1S/C15H17ClFN3/c1-9(18)12-7-10-3-2-4-13(16)14(10)19-15(12)20-6-5-11(17)8-20/h2-4,7,9,11H,5-6,8,18H2,1H3/t9-,11+/m0/s1. The number of hydrogen-bond donors (Lipinski definition) is 1. The van der Waals surface area contributed by atoms with E-state index in [2.05, 4.69) is 4.98 Å². The number of nitrogens with zero attached hydrogens (tertiary/aromatic N) is 2. The molecule has 1 aromatic carbocycles. The van der Waals surface area contributed by atoms with Gasteiger partial charge in [-0.2, -0.15) is 0 Å². The van der Waals surface area contributed by atoms with Crippen molar-refractivity contribution >= 4 is 28.3 Å². The minimum Gasteiger partial charge on any atom is -0.353 e. The molecule has 5 heteroatoms. The zero-order valence-electron chi connectivity index (χ0n) is 11.3. The normalized spacial score (nSPS) is 20.6. The molecule has 20 heavy (non-hydrogen) atoms. The van der Waals surface area contributed by atoms with Crippen molar-refractivity contribution in [3.05, 3.63) is 34.9 Å². The average Bonchev–Trinajstić information content (AvgIpc) is 2.84. The molecule has 0 spiro atoms. The first-order valence-corrected chi connectivity index (χ1v) is 7.18. The summed E-state index contributed by atoms with van der Waals surface area (Å²) in [5.74, 6) is 0.765. The second kappa shape index (κ2) is 5.19. The summed E-state index contributed by atoms with van der Waals surface area (Å²) in [6.45, 7) is 2.96. The van der Waals surface area contributed by atoms with Crippen LogP contribution in [0.5, 0.6) is 0 Å². The Hall–Kier alpha value is -1.39. The maximum absolute atomic E-state index is 13.5. The van der Waals surface area contributed by atoms with E-state index in [0.717, 1.165) is 22.3 Å². The van der Waals surface area contributed by atoms with E-state index in [1.165, 1.54) is 0 Å². The van der Waals surface area contributed by atoms with E-state index < -0.39 is 6.17 Å². The number of benzene rings is 1. The molecule has 0 unspecified atom stereocenters. The first-order chi connectivity index (χ1) is 9.56. The molecule has 0 radical (unpaired) electrons. The highest BCUT2D eigenvalue weighted by atomic mass is 35.5. The summed E-state index contributed by atoms with van der Waals surface area (Å²) in [4.78, 5) is 6.62. The molecule has 2 atom stereocenters. The minimum absolute atomic E-state index is 0.153. The van der Waals surface area contributed by atoms with E-state index in [1.54, 1.807) is 0 Å². The van der Waals surface area contributed by atoms with E-state index in [1.807, 2.05) is 36.1 Å². The van der Waals surface area contributed by atoms with Gasteiger partial charge in [0.15, 0.2) is 0 Å². The lowest BCUT2D eigenvalue weighted by atomic mass is 10.1. The summed E-state index contributed by atoms with van der Waals surface area (Å²) < 4.78 is 13.5. The number of pyridine rings is 1. The van der Waals surface area contributed by atoms with Crippen molar-refractivity contribution in [2.24, 2.45) is 5.73 Å². The molecule has 1 aliphatic rings. The van der Waals surface area contributed by atoms with Gasteiger partial charge in [0.25, 0.3) is 0 Å². The number of fused-ring (bicyclic) bond motifs is 1. The van der Waals surface area contributed by atoms with Gasteiger partial charge in [0, 0.05) is 23.5 Å². The van der Waals surface area contributed by atoms with Crippen LogP contribution in [0.2, 0.25) is 5.02 Å². The summed E-state index contributed by atoms with van der Waals surface area (Å²) in [5.41, 5.74) is 7.74. The topological polar surface area (TPSA) is 42.1 Å². The van der Waals surface area contributed by atoms with Crippen LogP contribution in [0.3, 0.4) is 0 Å². The van der Waals surface area contributed by atoms with Gasteiger partial charge in [-0.1, -0.05) is 23.7 Å². The molecular formula is C15H17ClFN3. The lowest BCUT2D eigenvalue weighted by molar-refractivity contribution is 0.364. The zero-order valence-corrected chi connectivity index (χ0v) is 12.1. The fourth-order valence-electron chi connectivity index (χ4n) is 2.67. The number of nitrogens with two attached hydrogens (primary N) is 1.